The number of hydrogen-bond donors (Lipinski definition) is 1. The molecular weight excluding hydrogens is 352 g/mol. The molecule has 116 valence electrons. The van der Waals surface area contributed by atoms with E-state index < -0.39 is 6.09 Å². The van der Waals surface area contributed by atoms with E-state index >= 15 is 0 Å². The van der Waals surface area contributed by atoms with Gasteiger partial charge in [-0.05, 0) is 59.3 Å². The number of benzene rings is 1. The van der Waals surface area contributed by atoms with Gasteiger partial charge >= 0.3 is 6.09 Å². The van der Waals surface area contributed by atoms with Crippen molar-refractivity contribution in [3.05, 3.63) is 46.8 Å². The number of rotatable bonds is 4. The first-order valence-electron chi connectivity index (χ1n) is 6.58. The number of carbonyl (C=O) groups excluding carboxylic acids is 2. The number of ether oxygens (including phenoxy) is 1. The number of hydrogen-bond acceptors (Lipinski definition) is 4. The summed E-state index contributed by atoms with van der Waals surface area (Å²) in [5.41, 5.74) is 1.26. The second kappa shape index (κ2) is 7.13. The van der Waals surface area contributed by atoms with Crippen molar-refractivity contribution in [2.45, 2.75) is 6.92 Å². The van der Waals surface area contributed by atoms with Crippen LogP contribution in [0.15, 0.2) is 45.5 Å². The Morgan fingerprint density at radius 1 is 1.23 bits per heavy atom. The van der Waals surface area contributed by atoms with E-state index in [-0.39, 0.29) is 11.7 Å². The van der Waals surface area contributed by atoms with Gasteiger partial charge in [0.1, 0.15) is 0 Å². The van der Waals surface area contributed by atoms with Gasteiger partial charge in [0.05, 0.1) is 6.61 Å². The molecule has 1 heterocycles. The van der Waals surface area contributed by atoms with Gasteiger partial charge in [0.25, 0.3) is 5.91 Å². The van der Waals surface area contributed by atoms with Crippen molar-refractivity contribution >= 4 is 39.3 Å². The minimum atomic E-state index is -0.431. The minimum Gasteiger partial charge on any atom is -0.449 e. The van der Waals surface area contributed by atoms with E-state index in [1.54, 1.807) is 50.4 Å². The molecule has 0 atom stereocenters. The molecule has 2 amide bonds. The Hall–Kier alpha value is -2.28. The van der Waals surface area contributed by atoms with E-state index in [4.69, 9.17) is 9.15 Å². The number of nitrogens with zero attached hydrogens (tertiary/aromatic N) is 1. The molecule has 0 unspecified atom stereocenters. The summed E-state index contributed by atoms with van der Waals surface area (Å²) in [6.45, 7) is 2.06. The van der Waals surface area contributed by atoms with Gasteiger partial charge in [-0.1, -0.05) is 0 Å². The maximum atomic E-state index is 11.9. The van der Waals surface area contributed by atoms with Gasteiger partial charge in [0.2, 0.25) is 0 Å². The number of nitrogens with one attached hydrogen (secondary N) is 1. The molecule has 0 radical (unpaired) electrons. The van der Waals surface area contributed by atoms with Crippen LogP contribution in [0.1, 0.15) is 17.5 Å². The Balaban J connectivity index is 2.03. The highest BCUT2D eigenvalue weighted by Gasteiger charge is 2.13. The second-order valence-corrected chi connectivity index (χ2v) is 5.14. The van der Waals surface area contributed by atoms with Gasteiger partial charge in [-0.25, -0.2) is 4.79 Å². The summed E-state index contributed by atoms with van der Waals surface area (Å²) < 4.78 is 10.6. The standard InChI is InChI=1S/C15H15BrN2O4/c1-3-21-15(20)18(2)11-6-4-10(5-7-11)17-14(19)12-8-9-13(16)22-12/h4-9H,3H2,1-2H3,(H,17,19). The quantitative estimate of drug-likeness (QED) is 0.890. The van der Waals surface area contributed by atoms with E-state index in [9.17, 15) is 9.59 Å². The van der Waals surface area contributed by atoms with Crippen molar-refractivity contribution < 1.29 is 18.7 Å². The third-order valence-electron chi connectivity index (χ3n) is 2.85. The van der Waals surface area contributed by atoms with Crippen LogP contribution in [0.5, 0.6) is 0 Å². The maximum absolute atomic E-state index is 11.9. The summed E-state index contributed by atoms with van der Waals surface area (Å²) in [7, 11) is 1.62. The lowest BCUT2D eigenvalue weighted by Gasteiger charge is -2.16. The van der Waals surface area contributed by atoms with Crippen LogP contribution >= 0.6 is 15.9 Å². The van der Waals surface area contributed by atoms with E-state index in [1.807, 2.05) is 0 Å². The molecule has 0 saturated heterocycles. The van der Waals surface area contributed by atoms with Crippen molar-refractivity contribution in [2.24, 2.45) is 0 Å². The summed E-state index contributed by atoms with van der Waals surface area (Å²) in [6, 6.07) is 10.0. The summed E-state index contributed by atoms with van der Waals surface area (Å²) >= 11 is 3.14. The van der Waals surface area contributed by atoms with Crippen LogP contribution in [0.3, 0.4) is 0 Å². The molecule has 0 saturated carbocycles. The van der Waals surface area contributed by atoms with Crippen LogP contribution in [-0.4, -0.2) is 25.7 Å². The normalized spacial score (nSPS) is 10.1. The fourth-order valence-corrected chi connectivity index (χ4v) is 2.03. The van der Waals surface area contributed by atoms with Crippen molar-refractivity contribution in [1.82, 2.24) is 0 Å². The summed E-state index contributed by atoms with van der Waals surface area (Å²) in [4.78, 5) is 24.9. The third kappa shape index (κ3) is 3.88. The molecule has 1 N–H and O–H groups in total. The SMILES string of the molecule is CCOC(=O)N(C)c1ccc(NC(=O)c2ccc(Br)o2)cc1. The molecule has 0 aliphatic heterocycles. The second-order valence-electron chi connectivity index (χ2n) is 4.36. The molecule has 0 fully saturated rings. The zero-order valence-corrected chi connectivity index (χ0v) is 13.7. The Bertz CT molecular complexity index is 666. The van der Waals surface area contributed by atoms with E-state index in [0.717, 1.165) is 0 Å². The average Bonchev–Trinajstić information content (AvgIpc) is 2.94. The fourth-order valence-electron chi connectivity index (χ4n) is 1.72. The lowest BCUT2D eigenvalue weighted by molar-refractivity contribution is 0.0995. The minimum absolute atomic E-state index is 0.208. The molecule has 7 heteroatoms. The molecule has 0 aliphatic rings. The zero-order chi connectivity index (χ0) is 16.1. The van der Waals surface area contributed by atoms with Crippen LogP contribution in [0.4, 0.5) is 16.2 Å². The van der Waals surface area contributed by atoms with Gasteiger partial charge in [-0.2, -0.15) is 0 Å². The van der Waals surface area contributed by atoms with Gasteiger partial charge in [-0.3, -0.25) is 9.69 Å². The van der Waals surface area contributed by atoms with Crippen LogP contribution < -0.4 is 10.2 Å². The van der Waals surface area contributed by atoms with Gasteiger partial charge in [0, 0.05) is 18.4 Å². The Morgan fingerprint density at radius 3 is 2.45 bits per heavy atom. The number of amides is 2. The average molecular weight is 367 g/mol. The molecule has 2 aromatic rings. The van der Waals surface area contributed by atoms with Crippen LogP contribution in [0.25, 0.3) is 0 Å². The van der Waals surface area contributed by atoms with Crippen LogP contribution in [-0.2, 0) is 4.74 Å². The lowest BCUT2D eigenvalue weighted by Crippen LogP contribution is -2.26. The molecule has 0 aliphatic carbocycles. The first kappa shape index (κ1) is 16.1. The van der Waals surface area contributed by atoms with Crippen molar-refractivity contribution in [2.75, 3.05) is 23.9 Å². The summed E-state index contributed by atoms with van der Waals surface area (Å²) in [5.74, 6) is -0.142. The summed E-state index contributed by atoms with van der Waals surface area (Å²) in [6.07, 6.45) is -0.431. The van der Waals surface area contributed by atoms with Crippen molar-refractivity contribution in [1.29, 1.82) is 0 Å². The van der Waals surface area contributed by atoms with Crippen molar-refractivity contribution in [3.63, 3.8) is 0 Å². The number of carbonyl (C=O) groups is 2. The van der Waals surface area contributed by atoms with Crippen molar-refractivity contribution in [3.8, 4) is 0 Å². The summed E-state index contributed by atoms with van der Waals surface area (Å²) in [5, 5.41) is 2.70. The number of anilines is 2. The smallest absolute Gasteiger partial charge is 0.413 e. The first-order valence-corrected chi connectivity index (χ1v) is 7.37. The molecule has 2 rings (SSSR count). The van der Waals surface area contributed by atoms with Crippen LogP contribution in [0.2, 0.25) is 0 Å². The first-order chi connectivity index (χ1) is 10.5. The Morgan fingerprint density at radius 2 is 1.91 bits per heavy atom. The molecular formula is C15H15BrN2O4. The zero-order valence-electron chi connectivity index (χ0n) is 12.1. The molecule has 0 spiro atoms. The van der Waals surface area contributed by atoms with Gasteiger partial charge in [-0.15, -0.1) is 0 Å². The third-order valence-corrected chi connectivity index (χ3v) is 3.28. The fraction of sp³-hybridized carbons (Fsp3) is 0.200. The van der Waals surface area contributed by atoms with E-state index in [0.29, 0.717) is 22.7 Å². The van der Waals surface area contributed by atoms with Crippen LogP contribution in [0, 0.1) is 0 Å². The number of halogens is 1. The topological polar surface area (TPSA) is 71.8 Å². The molecule has 0 bridgehead atoms. The Labute approximate surface area is 136 Å². The highest BCUT2D eigenvalue weighted by molar-refractivity contribution is 9.10. The molecule has 6 nitrogen and oxygen atoms in total. The monoisotopic (exact) mass is 366 g/mol. The molecule has 1 aromatic heterocycles. The molecule has 1 aromatic carbocycles. The number of furan rings is 1. The largest absolute Gasteiger partial charge is 0.449 e. The van der Waals surface area contributed by atoms with E-state index in [2.05, 4.69) is 21.2 Å². The highest BCUT2D eigenvalue weighted by atomic mass is 79.9. The maximum Gasteiger partial charge on any atom is 0.413 e. The molecule has 22 heavy (non-hydrogen) atoms. The predicted molar refractivity (Wildman–Crippen MR) is 86.2 cm³/mol. The lowest BCUT2D eigenvalue weighted by atomic mass is 10.2. The predicted octanol–water partition coefficient (Wildman–Crippen LogP) is 3.89. The van der Waals surface area contributed by atoms with E-state index in [1.165, 1.54) is 4.90 Å². The Kier molecular flexibility index (Phi) is 5.21. The van der Waals surface area contributed by atoms with Gasteiger partial charge in [0.15, 0.2) is 10.4 Å². The van der Waals surface area contributed by atoms with Gasteiger partial charge < -0.3 is 14.5 Å². The highest BCUT2D eigenvalue weighted by Crippen LogP contribution is 2.19.